The number of hydrogen-bond donors (Lipinski definition) is 1. The van der Waals surface area contributed by atoms with Gasteiger partial charge < -0.3 is 14.7 Å². The van der Waals surface area contributed by atoms with Gasteiger partial charge in [0, 0.05) is 13.1 Å². The van der Waals surface area contributed by atoms with Crippen LogP contribution >= 0.6 is 0 Å². The van der Waals surface area contributed by atoms with Crippen LogP contribution in [0.1, 0.15) is 45.4 Å². The fourth-order valence-electron chi connectivity index (χ4n) is 3.20. The second-order valence-electron chi connectivity index (χ2n) is 6.13. The molecule has 2 aliphatic rings. The third-order valence-corrected chi connectivity index (χ3v) is 4.58. The Hall–Kier alpha value is -1.10. The van der Waals surface area contributed by atoms with E-state index in [4.69, 9.17) is 9.84 Å². The summed E-state index contributed by atoms with van der Waals surface area (Å²) in [5, 5.41) is 9.04. The molecule has 1 heterocycles. The molecule has 1 aliphatic carbocycles. The van der Waals surface area contributed by atoms with E-state index in [1.165, 1.54) is 19.3 Å². The number of aliphatic carboxylic acids is 1. The van der Waals surface area contributed by atoms with Crippen LogP contribution in [0.3, 0.4) is 0 Å². The number of amides is 1. The van der Waals surface area contributed by atoms with E-state index in [9.17, 15) is 9.59 Å². The van der Waals surface area contributed by atoms with E-state index in [1.807, 2.05) is 0 Å². The first kappa shape index (κ1) is 15.3. The van der Waals surface area contributed by atoms with Gasteiger partial charge in [-0.25, -0.2) is 0 Å². The molecular weight excluding hydrogens is 258 g/mol. The van der Waals surface area contributed by atoms with E-state index in [1.54, 1.807) is 4.90 Å². The molecular formula is C15H25NO4. The molecule has 1 N–H and O–H groups in total. The number of carboxylic acids is 1. The van der Waals surface area contributed by atoms with Gasteiger partial charge in [0.15, 0.2) is 0 Å². The van der Waals surface area contributed by atoms with Crippen molar-refractivity contribution in [1.29, 1.82) is 0 Å². The summed E-state index contributed by atoms with van der Waals surface area (Å²) in [5.41, 5.74) is 0. The molecule has 2 rings (SSSR count). The summed E-state index contributed by atoms with van der Waals surface area (Å²) in [4.78, 5) is 24.8. The number of nitrogens with zero attached hydrogens (tertiary/aromatic N) is 1. The number of ether oxygens (including phenoxy) is 1. The minimum Gasteiger partial charge on any atom is -0.481 e. The summed E-state index contributed by atoms with van der Waals surface area (Å²) >= 11 is 0. The first-order valence-corrected chi connectivity index (χ1v) is 7.70. The number of carbonyl (C=O) groups is 2. The van der Waals surface area contributed by atoms with E-state index in [-0.39, 0.29) is 18.6 Å². The van der Waals surface area contributed by atoms with Gasteiger partial charge in [0.2, 0.25) is 5.91 Å². The lowest BCUT2D eigenvalue weighted by Crippen LogP contribution is -2.44. The third kappa shape index (κ3) is 3.95. The molecule has 3 atom stereocenters. The maximum Gasteiger partial charge on any atom is 0.308 e. The Labute approximate surface area is 120 Å². The van der Waals surface area contributed by atoms with Crippen molar-refractivity contribution in [1.82, 2.24) is 4.90 Å². The molecule has 1 amide bonds. The first-order chi connectivity index (χ1) is 9.58. The quantitative estimate of drug-likeness (QED) is 0.855. The van der Waals surface area contributed by atoms with Crippen molar-refractivity contribution >= 4 is 11.9 Å². The SMILES string of the molecule is CC1CCCCC1OCC(=O)N1CCC[C@H](C(=O)O)C1. The lowest BCUT2D eigenvalue weighted by atomic mass is 9.88. The van der Waals surface area contributed by atoms with E-state index in [2.05, 4.69) is 6.92 Å². The fourth-order valence-corrected chi connectivity index (χ4v) is 3.20. The van der Waals surface area contributed by atoms with Crippen molar-refractivity contribution in [3.63, 3.8) is 0 Å². The Morgan fingerprint density at radius 2 is 1.95 bits per heavy atom. The van der Waals surface area contributed by atoms with Crippen LogP contribution in [0.25, 0.3) is 0 Å². The van der Waals surface area contributed by atoms with Crippen molar-refractivity contribution in [2.45, 2.75) is 51.6 Å². The fraction of sp³-hybridized carbons (Fsp3) is 0.867. The molecule has 5 nitrogen and oxygen atoms in total. The summed E-state index contributed by atoms with van der Waals surface area (Å²) in [6.07, 6.45) is 6.25. The highest BCUT2D eigenvalue weighted by Gasteiger charge is 2.29. The Bertz CT molecular complexity index is 358. The van der Waals surface area contributed by atoms with Gasteiger partial charge >= 0.3 is 5.97 Å². The van der Waals surface area contributed by atoms with Crippen LogP contribution in [-0.4, -0.2) is 47.7 Å². The van der Waals surface area contributed by atoms with Gasteiger partial charge in [-0.1, -0.05) is 19.8 Å². The van der Waals surface area contributed by atoms with Crippen LogP contribution < -0.4 is 0 Å². The van der Waals surface area contributed by atoms with E-state index < -0.39 is 11.9 Å². The van der Waals surface area contributed by atoms with Crippen LogP contribution in [0.4, 0.5) is 0 Å². The topological polar surface area (TPSA) is 66.8 Å². The summed E-state index contributed by atoms with van der Waals surface area (Å²) < 4.78 is 5.77. The van der Waals surface area contributed by atoms with Gasteiger partial charge in [0.25, 0.3) is 0 Å². The molecule has 2 unspecified atom stereocenters. The molecule has 5 heteroatoms. The minimum absolute atomic E-state index is 0.0614. The molecule has 2 fully saturated rings. The molecule has 0 radical (unpaired) electrons. The lowest BCUT2D eigenvalue weighted by Gasteiger charge is -2.32. The van der Waals surface area contributed by atoms with Crippen molar-refractivity contribution in [2.24, 2.45) is 11.8 Å². The molecule has 0 spiro atoms. The van der Waals surface area contributed by atoms with Gasteiger partial charge in [0.1, 0.15) is 6.61 Å². The molecule has 0 aromatic carbocycles. The second-order valence-corrected chi connectivity index (χ2v) is 6.13. The summed E-state index contributed by atoms with van der Waals surface area (Å²) in [7, 11) is 0. The average Bonchev–Trinajstić information content (AvgIpc) is 2.46. The largest absolute Gasteiger partial charge is 0.481 e. The Morgan fingerprint density at radius 1 is 1.20 bits per heavy atom. The smallest absolute Gasteiger partial charge is 0.308 e. The van der Waals surface area contributed by atoms with Crippen LogP contribution in [0.2, 0.25) is 0 Å². The van der Waals surface area contributed by atoms with Crippen LogP contribution in [0.15, 0.2) is 0 Å². The molecule has 114 valence electrons. The van der Waals surface area contributed by atoms with Gasteiger partial charge in [0.05, 0.1) is 12.0 Å². The third-order valence-electron chi connectivity index (χ3n) is 4.58. The van der Waals surface area contributed by atoms with Gasteiger partial charge in [-0.05, 0) is 31.6 Å². The van der Waals surface area contributed by atoms with Gasteiger partial charge in [-0.2, -0.15) is 0 Å². The lowest BCUT2D eigenvalue weighted by molar-refractivity contribution is -0.148. The zero-order valence-electron chi connectivity index (χ0n) is 12.2. The molecule has 0 aromatic heterocycles. The molecule has 1 aliphatic heterocycles. The maximum absolute atomic E-state index is 12.1. The Kier molecular flexibility index (Phi) is 5.40. The van der Waals surface area contributed by atoms with E-state index in [0.29, 0.717) is 25.4 Å². The first-order valence-electron chi connectivity index (χ1n) is 7.70. The molecule has 0 bridgehead atoms. The summed E-state index contributed by atoms with van der Waals surface area (Å²) in [6, 6.07) is 0. The highest BCUT2D eigenvalue weighted by Crippen LogP contribution is 2.26. The number of likely N-dealkylation sites (tertiary alicyclic amines) is 1. The Morgan fingerprint density at radius 3 is 2.65 bits per heavy atom. The summed E-state index contributed by atoms with van der Waals surface area (Å²) in [5.74, 6) is -0.760. The maximum atomic E-state index is 12.1. The number of piperidine rings is 1. The predicted molar refractivity (Wildman–Crippen MR) is 74.3 cm³/mol. The van der Waals surface area contributed by atoms with Crippen LogP contribution in [-0.2, 0) is 14.3 Å². The zero-order valence-corrected chi connectivity index (χ0v) is 12.2. The number of carboxylic acid groups (broad SMARTS) is 1. The van der Waals surface area contributed by atoms with Gasteiger partial charge in [-0.3, -0.25) is 9.59 Å². The summed E-state index contributed by atoms with van der Waals surface area (Å²) in [6.45, 7) is 3.26. The Balaban J connectivity index is 1.77. The van der Waals surface area contributed by atoms with Crippen molar-refractivity contribution in [3.05, 3.63) is 0 Å². The number of hydrogen-bond acceptors (Lipinski definition) is 3. The van der Waals surface area contributed by atoms with Crippen molar-refractivity contribution in [3.8, 4) is 0 Å². The number of carbonyl (C=O) groups excluding carboxylic acids is 1. The number of rotatable bonds is 4. The standard InChI is InChI=1S/C15H25NO4/c1-11-5-2-3-7-13(11)20-10-14(17)16-8-4-6-12(9-16)15(18)19/h11-13H,2-10H2,1H3,(H,18,19)/t11?,12-,13?/m0/s1. The van der Waals surface area contributed by atoms with Crippen LogP contribution in [0.5, 0.6) is 0 Å². The average molecular weight is 283 g/mol. The normalized spacial score (nSPS) is 31.1. The monoisotopic (exact) mass is 283 g/mol. The van der Waals surface area contributed by atoms with Gasteiger partial charge in [-0.15, -0.1) is 0 Å². The second kappa shape index (κ2) is 7.07. The highest BCUT2D eigenvalue weighted by atomic mass is 16.5. The zero-order chi connectivity index (χ0) is 14.5. The van der Waals surface area contributed by atoms with Crippen molar-refractivity contribution < 1.29 is 19.4 Å². The molecule has 0 aromatic rings. The molecule has 1 saturated heterocycles. The predicted octanol–water partition coefficient (Wildman–Crippen LogP) is 1.90. The molecule has 20 heavy (non-hydrogen) atoms. The molecule has 1 saturated carbocycles. The van der Waals surface area contributed by atoms with Crippen molar-refractivity contribution in [2.75, 3.05) is 19.7 Å². The van der Waals surface area contributed by atoms with E-state index in [0.717, 1.165) is 12.8 Å². The van der Waals surface area contributed by atoms with E-state index >= 15 is 0 Å². The van der Waals surface area contributed by atoms with Crippen LogP contribution in [0, 0.1) is 11.8 Å². The minimum atomic E-state index is -0.802. The highest BCUT2D eigenvalue weighted by molar-refractivity contribution is 5.79.